The first-order valence-corrected chi connectivity index (χ1v) is 8.80. The first-order chi connectivity index (χ1) is 12.0. The highest BCUT2D eigenvalue weighted by atomic mass is 16.5. The highest BCUT2D eigenvalue weighted by Gasteiger charge is 2.40. The average Bonchev–Trinajstić information content (AvgIpc) is 3.18. The van der Waals surface area contributed by atoms with Crippen LogP contribution >= 0.6 is 0 Å². The number of fused-ring (bicyclic) bond motifs is 1. The zero-order valence-corrected chi connectivity index (χ0v) is 14.4. The Labute approximate surface area is 147 Å². The minimum absolute atomic E-state index is 0.00686. The van der Waals surface area contributed by atoms with Crippen molar-refractivity contribution in [2.24, 2.45) is 0 Å². The van der Waals surface area contributed by atoms with E-state index in [4.69, 9.17) is 4.74 Å². The molecule has 6 nitrogen and oxygen atoms in total. The maximum atomic E-state index is 12.8. The molecule has 132 valence electrons. The van der Waals surface area contributed by atoms with Gasteiger partial charge >= 0.3 is 0 Å². The quantitative estimate of drug-likeness (QED) is 0.926. The number of aromatic nitrogens is 2. The second kappa shape index (κ2) is 6.19. The van der Waals surface area contributed by atoms with Gasteiger partial charge in [-0.1, -0.05) is 18.2 Å². The van der Waals surface area contributed by atoms with Crippen molar-refractivity contribution in [3.63, 3.8) is 0 Å². The second-order valence-electron chi connectivity index (χ2n) is 7.24. The molecule has 4 rings (SSSR count). The predicted octanol–water partition coefficient (Wildman–Crippen LogP) is 2.22. The Morgan fingerprint density at radius 3 is 2.84 bits per heavy atom. The fourth-order valence-electron chi connectivity index (χ4n) is 3.81. The highest BCUT2D eigenvalue weighted by Crippen LogP contribution is 2.34. The van der Waals surface area contributed by atoms with Crippen molar-refractivity contribution in [2.75, 3.05) is 6.54 Å². The van der Waals surface area contributed by atoms with E-state index in [-0.39, 0.29) is 11.9 Å². The van der Waals surface area contributed by atoms with Crippen molar-refractivity contribution in [1.29, 1.82) is 0 Å². The van der Waals surface area contributed by atoms with E-state index >= 15 is 0 Å². The van der Waals surface area contributed by atoms with Crippen LogP contribution in [-0.4, -0.2) is 43.9 Å². The fourth-order valence-corrected chi connectivity index (χ4v) is 3.81. The number of amides is 1. The Morgan fingerprint density at radius 2 is 2.12 bits per heavy atom. The van der Waals surface area contributed by atoms with Gasteiger partial charge < -0.3 is 14.7 Å². The summed E-state index contributed by atoms with van der Waals surface area (Å²) >= 11 is 0. The van der Waals surface area contributed by atoms with Gasteiger partial charge in [0, 0.05) is 12.6 Å². The van der Waals surface area contributed by atoms with Gasteiger partial charge in [0.1, 0.15) is 23.7 Å². The first kappa shape index (κ1) is 16.1. The van der Waals surface area contributed by atoms with E-state index in [0.29, 0.717) is 31.8 Å². The molecule has 0 spiro atoms. The number of benzene rings is 1. The van der Waals surface area contributed by atoms with Gasteiger partial charge in [0.15, 0.2) is 0 Å². The third kappa shape index (κ3) is 3.26. The topological polar surface area (TPSA) is 67.6 Å². The molecule has 0 bridgehead atoms. The number of para-hydroxylation sites is 1. The molecule has 1 aliphatic heterocycles. The molecule has 1 fully saturated rings. The van der Waals surface area contributed by atoms with Crippen LogP contribution in [0.15, 0.2) is 36.4 Å². The van der Waals surface area contributed by atoms with Crippen molar-refractivity contribution in [3.05, 3.63) is 47.8 Å². The van der Waals surface area contributed by atoms with Crippen molar-refractivity contribution in [1.82, 2.24) is 14.7 Å². The number of carbonyl (C=O) groups excluding carboxylic acids is 1. The van der Waals surface area contributed by atoms with E-state index in [1.165, 1.54) is 0 Å². The molecule has 1 N–H and O–H groups in total. The summed E-state index contributed by atoms with van der Waals surface area (Å²) in [6.07, 6.45) is 2.25. The van der Waals surface area contributed by atoms with E-state index < -0.39 is 5.60 Å². The average molecular weight is 341 g/mol. The van der Waals surface area contributed by atoms with Crippen LogP contribution in [0.4, 0.5) is 0 Å². The van der Waals surface area contributed by atoms with E-state index in [1.54, 1.807) is 4.68 Å². The van der Waals surface area contributed by atoms with Gasteiger partial charge in [0.05, 0.1) is 12.1 Å². The molecule has 6 heteroatoms. The molecule has 1 aliphatic carbocycles. The van der Waals surface area contributed by atoms with Gasteiger partial charge in [0.2, 0.25) is 0 Å². The molecule has 2 heterocycles. The summed E-state index contributed by atoms with van der Waals surface area (Å²) in [5, 5.41) is 14.7. The van der Waals surface area contributed by atoms with E-state index in [1.807, 2.05) is 48.2 Å². The molecule has 25 heavy (non-hydrogen) atoms. The van der Waals surface area contributed by atoms with E-state index in [2.05, 4.69) is 5.10 Å². The van der Waals surface area contributed by atoms with E-state index in [9.17, 15) is 9.90 Å². The summed E-state index contributed by atoms with van der Waals surface area (Å²) in [5.74, 6) is 0.794. The number of ether oxygens (including phenoxy) is 1. The minimum Gasteiger partial charge on any atom is -0.487 e. The number of nitrogens with zero attached hydrogens (tertiary/aromatic N) is 3. The number of aliphatic hydroxyl groups is 1. The lowest BCUT2D eigenvalue weighted by Gasteiger charge is -2.33. The molecule has 1 unspecified atom stereocenters. The molecule has 0 radical (unpaired) electrons. The van der Waals surface area contributed by atoms with Crippen LogP contribution in [-0.2, 0) is 13.2 Å². The summed E-state index contributed by atoms with van der Waals surface area (Å²) in [6.45, 7) is 3.53. The molecule has 2 atom stereocenters. The van der Waals surface area contributed by atoms with Crippen LogP contribution in [0.5, 0.6) is 5.75 Å². The maximum absolute atomic E-state index is 12.8. The number of carbonyl (C=O) groups is 1. The zero-order chi connectivity index (χ0) is 17.4. The third-order valence-corrected chi connectivity index (χ3v) is 5.13. The van der Waals surface area contributed by atoms with Gasteiger partial charge in [-0.25, -0.2) is 0 Å². The van der Waals surface area contributed by atoms with Crippen molar-refractivity contribution < 1.29 is 14.6 Å². The Balaban J connectivity index is 1.46. The van der Waals surface area contributed by atoms with Crippen LogP contribution in [0.25, 0.3) is 0 Å². The highest BCUT2D eigenvalue weighted by molar-refractivity contribution is 5.93. The largest absolute Gasteiger partial charge is 0.487 e. The van der Waals surface area contributed by atoms with Gasteiger partial charge in [-0.3, -0.25) is 9.48 Å². The molecule has 2 aromatic rings. The lowest BCUT2D eigenvalue weighted by molar-refractivity contribution is 0.0457. The summed E-state index contributed by atoms with van der Waals surface area (Å²) in [7, 11) is 0. The molecular weight excluding hydrogens is 318 g/mol. The second-order valence-corrected chi connectivity index (χ2v) is 7.24. The fraction of sp³-hybridized carbons (Fsp3) is 0.474. The summed E-state index contributed by atoms with van der Waals surface area (Å²) in [4.78, 5) is 14.7. The van der Waals surface area contributed by atoms with Gasteiger partial charge in [0.25, 0.3) is 5.91 Å². The van der Waals surface area contributed by atoms with Crippen LogP contribution in [0.3, 0.4) is 0 Å². The van der Waals surface area contributed by atoms with Crippen molar-refractivity contribution >= 4 is 5.91 Å². The Hall–Kier alpha value is -2.34. The Bertz CT molecular complexity index is 769. The number of hydrogen-bond donors (Lipinski definition) is 1. The lowest BCUT2D eigenvalue weighted by atomic mass is 10.1. The Kier molecular flexibility index (Phi) is 4.00. The molecule has 1 saturated carbocycles. The smallest absolute Gasteiger partial charge is 0.272 e. The molecular formula is C19H23N3O3. The first-order valence-electron chi connectivity index (χ1n) is 8.80. The van der Waals surface area contributed by atoms with Crippen LogP contribution in [0.1, 0.15) is 42.4 Å². The minimum atomic E-state index is -0.655. The van der Waals surface area contributed by atoms with Crippen LogP contribution in [0, 0.1) is 0 Å². The molecule has 1 amide bonds. The van der Waals surface area contributed by atoms with Crippen LogP contribution in [0.2, 0.25) is 0 Å². The predicted molar refractivity (Wildman–Crippen MR) is 92.3 cm³/mol. The van der Waals surface area contributed by atoms with Crippen molar-refractivity contribution in [3.8, 4) is 5.75 Å². The SMILES string of the molecule is C[C@@]1(O)CCC(N2CCn3nc(COc4ccccc4)cc3C2=O)C1. The monoisotopic (exact) mass is 341 g/mol. The molecule has 1 aromatic heterocycles. The lowest BCUT2D eigenvalue weighted by Crippen LogP contribution is -2.46. The summed E-state index contributed by atoms with van der Waals surface area (Å²) in [6, 6.07) is 11.5. The molecule has 1 aromatic carbocycles. The third-order valence-electron chi connectivity index (χ3n) is 5.13. The van der Waals surface area contributed by atoms with E-state index in [0.717, 1.165) is 24.3 Å². The number of hydrogen-bond acceptors (Lipinski definition) is 4. The summed E-state index contributed by atoms with van der Waals surface area (Å²) in [5.41, 5.74) is 0.717. The number of rotatable bonds is 4. The normalized spacial score (nSPS) is 25.9. The molecule has 0 saturated heterocycles. The van der Waals surface area contributed by atoms with Gasteiger partial charge in [-0.05, 0) is 44.4 Å². The van der Waals surface area contributed by atoms with Gasteiger partial charge in [-0.2, -0.15) is 5.10 Å². The summed E-state index contributed by atoms with van der Waals surface area (Å²) < 4.78 is 7.50. The van der Waals surface area contributed by atoms with Crippen LogP contribution < -0.4 is 4.74 Å². The van der Waals surface area contributed by atoms with Gasteiger partial charge in [-0.15, -0.1) is 0 Å². The Morgan fingerprint density at radius 1 is 1.32 bits per heavy atom. The maximum Gasteiger partial charge on any atom is 0.272 e. The zero-order valence-electron chi connectivity index (χ0n) is 14.4. The molecule has 2 aliphatic rings. The van der Waals surface area contributed by atoms with Crippen molar-refractivity contribution in [2.45, 2.75) is 51.0 Å². The standard InChI is InChI=1S/C19H23N3O3/c1-19(24)8-7-15(12-19)21-9-10-22-17(18(21)23)11-14(20-22)13-25-16-5-3-2-4-6-16/h2-6,11,15,24H,7-10,12-13H2,1H3/t15?,19-/m1/s1.